The van der Waals surface area contributed by atoms with Crippen molar-refractivity contribution >= 4 is 11.8 Å². The Morgan fingerprint density at radius 2 is 1.81 bits per heavy atom. The summed E-state index contributed by atoms with van der Waals surface area (Å²) in [4.78, 5) is 33.1. The second kappa shape index (κ2) is 10.3. The van der Waals surface area contributed by atoms with Gasteiger partial charge in [-0.15, -0.1) is 0 Å². The van der Waals surface area contributed by atoms with Crippen molar-refractivity contribution in [3.63, 3.8) is 0 Å². The molecule has 0 bridgehead atoms. The Morgan fingerprint density at radius 3 is 2.43 bits per heavy atom. The molecule has 0 saturated heterocycles. The van der Waals surface area contributed by atoms with E-state index in [-0.39, 0.29) is 24.1 Å². The topological polar surface area (TPSA) is 101 Å². The van der Waals surface area contributed by atoms with Crippen LogP contribution in [0.3, 0.4) is 0 Å². The Labute approximate surface area is 211 Å². The maximum absolute atomic E-state index is 13.0. The number of Topliss-reactive ketones (excluding diaryl/α,β-unsaturated/α-hetero) is 1. The van der Waals surface area contributed by atoms with E-state index in [1.807, 2.05) is 6.07 Å². The lowest BCUT2D eigenvalue weighted by molar-refractivity contribution is -0.152. The van der Waals surface area contributed by atoms with Crippen molar-refractivity contribution in [2.24, 2.45) is 0 Å². The molecule has 0 aliphatic heterocycles. The second-order valence-electron chi connectivity index (χ2n) is 9.43. The van der Waals surface area contributed by atoms with Crippen LogP contribution in [0.1, 0.15) is 59.8 Å². The summed E-state index contributed by atoms with van der Waals surface area (Å²) in [6, 6.07) is 11.6. The van der Waals surface area contributed by atoms with Crippen molar-refractivity contribution in [3.05, 3.63) is 77.1 Å². The number of carboxylic acids is 1. The smallest absolute Gasteiger partial charge is 0.416 e. The number of halogens is 3. The van der Waals surface area contributed by atoms with Crippen LogP contribution in [-0.2, 0) is 17.5 Å². The number of nitrogens with zero attached hydrogens (tertiary/aromatic N) is 2. The van der Waals surface area contributed by atoms with Gasteiger partial charge in [0.1, 0.15) is 5.75 Å². The highest BCUT2D eigenvalue weighted by Gasteiger charge is 2.32. The highest BCUT2D eigenvalue weighted by Crippen LogP contribution is 2.41. The number of benzene rings is 2. The Kier molecular flexibility index (Phi) is 7.31. The third kappa shape index (κ3) is 6.51. The van der Waals surface area contributed by atoms with Crippen LogP contribution in [0.15, 0.2) is 54.7 Å². The molecule has 1 saturated carbocycles. The normalized spacial score (nSPS) is 13.9. The quantitative estimate of drug-likeness (QED) is 0.357. The third-order valence-electron chi connectivity index (χ3n) is 5.95. The van der Waals surface area contributed by atoms with E-state index >= 15 is 0 Å². The molecule has 0 radical (unpaired) electrons. The molecule has 1 aromatic heterocycles. The zero-order chi connectivity index (χ0) is 26.8. The number of nitrogens with one attached hydrogen (secondary N) is 1. The Hall–Kier alpha value is -3.79. The van der Waals surface area contributed by atoms with Crippen LogP contribution in [0.2, 0.25) is 0 Å². The molecule has 1 fully saturated rings. The first-order valence-electron chi connectivity index (χ1n) is 11.7. The number of aliphatic carboxylic acids is 1. The molecule has 194 valence electrons. The van der Waals surface area contributed by atoms with Crippen molar-refractivity contribution in [1.29, 1.82) is 0 Å². The van der Waals surface area contributed by atoms with Crippen molar-refractivity contribution in [2.45, 2.75) is 50.9 Å². The number of rotatable bonds is 10. The van der Waals surface area contributed by atoms with Gasteiger partial charge in [-0.2, -0.15) is 13.2 Å². The highest BCUT2D eigenvalue weighted by atomic mass is 19.4. The minimum absolute atomic E-state index is 0.0222. The molecule has 0 atom stereocenters. The van der Waals surface area contributed by atoms with Gasteiger partial charge in [0.25, 0.3) is 0 Å². The maximum atomic E-state index is 13.0. The lowest BCUT2D eigenvalue weighted by Gasteiger charge is -2.21. The summed E-state index contributed by atoms with van der Waals surface area (Å²) in [5, 5.41) is 12.3. The van der Waals surface area contributed by atoms with Gasteiger partial charge < -0.3 is 15.2 Å². The van der Waals surface area contributed by atoms with Crippen LogP contribution in [0.4, 0.5) is 13.2 Å². The largest absolute Gasteiger partial charge is 0.478 e. The Morgan fingerprint density at radius 1 is 1.11 bits per heavy atom. The van der Waals surface area contributed by atoms with Gasteiger partial charge in [0, 0.05) is 24.2 Å². The molecule has 10 heteroatoms. The van der Waals surface area contributed by atoms with Crippen LogP contribution >= 0.6 is 0 Å². The lowest BCUT2D eigenvalue weighted by atomic mass is 10.1. The molecular weight excluding hydrogens is 487 g/mol. The number of alkyl halides is 3. The van der Waals surface area contributed by atoms with Gasteiger partial charge in [-0.05, 0) is 56.5 Å². The van der Waals surface area contributed by atoms with Gasteiger partial charge in [-0.1, -0.05) is 24.3 Å². The van der Waals surface area contributed by atoms with Gasteiger partial charge >= 0.3 is 12.1 Å². The minimum Gasteiger partial charge on any atom is -0.478 e. The van der Waals surface area contributed by atoms with Crippen molar-refractivity contribution in [1.82, 2.24) is 15.3 Å². The third-order valence-corrected chi connectivity index (χ3v) is 5.95. The summed E-state index contributed by atoms with van der Waals surface area (Å²) < 4.78 is 44.1. The highest BCUT2D eigenvalue weighted by molar-refractivity contribution is 5.98. The molecule has 3 aromatic rings. The summed E-state index contributed by atoms with van der Waals surface area (Å²) in [5.41, 5.74) is 0.129. The predicted molar refractivity (Wildman–Crippen MR) is 129 cm³/mol. The number of carboxylic acid groups (broad SMARTS) is 1. The monoisotopic (exact) mass is 513 g/mol. The molecule has 0 spiro atoms. The fourth-order valence-corrected chi connectivity index (χ4v) is 3.70. The standard InChI is InChI=1S/C27H26F3N3O4/c1-26(2,25(35)36)37-20-5-3-4-16(12-20)13-31-15-22(34)21-14-32-24(33-23(21)17-6-7-17)18-8-10-19(11-9-18)27(28,29)30/h3-5,8-12,14,17,31H,6-7,13,15H2,1-2H3,(H,35,36). The van der Waals surface area contributed by atoms with Crippen molar-refractivity contribution in [3.8, 4) is 17.1 Å². The maximum Gasteiger partial charge on any atom is 0.416 e. The lowest BCUT2D eigenvalue weighted by Crippen LogP contribution is -2.37. The molecular formula is C27H26F3N3O4. The Bertz CT molecular complexity index is 1300. The number of carbonyl (C=O) groups is 2. The minimum atomic E-state index is -4.43. The van der Waals surface area contributed by atoms with E-state index in [0.717, 1.165) is 30.5 Å². The average molecular weight is 514 g/mol. The fraction of sp³-hybridized carbons (Fsp3) is 0.333. The molecule has 0 unspecified atom stereocenters. The van der Waals surface area contributed by atoms with Crippen molar-refractivity contribution < 1.29 is 32.6 Å². The summed E-state index contributed by atoms with van der Waals surface area (Å²) in [7, 11) is 0. The summed E-state index contributed by atoms with van der Waals surface area (Å²) in [5.74, 6) is -0.468. The van der Waals surface area contributed by atoms with Gasteiger partial charge in [0.2, 0.25) is 0 Å². The van der Waals surface area contributed by atoms with E-state index in [1.54, 1.807) is 18.2 Å². The first kappa shape index (κ1) is 26.3. The van der Waals surface area contributed by atoms with E-state index in [0.29, 0.717) is 29.1 Å². The average Bonchev–Trinajstić information content (AvgIpc) is 3.69. The van der Waals surface area contributed by atoms with Crippen LogP contribution < -0.4 is 10.1 Å². The van der Waals surface area contributed by atoms with E-state index in [2.05, 4.69) is 15.3 Å². The van der Waals surface area contributed by atoms with Crippen LogP contribution in [0.25, 0.3) is 11.4 Å². The van der Waals surface area contributed by atoms with Gasteiger partial charge in [-0.25, -0.2) is 14.8 Å². The molecule has 37 heavy (non-hydrogen) atoms. The molecule has 4 rings (SSSR count). The summed E-state index contributed by atoms with van der Waals surface area (Å²) in [6.45, 7) is 3.29. The summed E-state index contributed by atoms with van der Waals surface area (Å²) >= 11 is 0. The van der Waals surface area contributed by atoms with Crippen LogP contribution in [0, 0.1) is 0 Å². The molecule has 1 aliphatic carbocycles. The van der Waals surface area contributed by atoms with E-state index in [9.17, 15) is 27.9 Å². The fourth-order valence-electron chi connectivity index (χ4n) is 3.70. The molecule has 1 heterocycles. The molecule has 1 aliphatic rings. The van der Waals surface area contributed by atoms with E-state index < -0.39 is 23.3 Å². The van der Waals surface area contributed by atoms with Crippen LogP contribution in [-0.4, -0.2) is 39.0 Å². The molecule has 7 nitrogen and oxygen atoms in total. The zero-order valence-electron chi connectivity index (χ0n) is 20.3. The van der Waals surface area contributed by atoms with Crippen LogP contribution in [0.5, 0.6) is 5.75 Å². The number of aromatic nitrogens is 2. The van der Waals surface area contributed by atoms with Gasteiger partial charge in [0.05, 0.1) is 23.4 Å². The summed E-state index contributed by atoms with van der Waals surface area (Å²) in [6.07, 6.45) is -1.21. The SMILES string of the molecule is CC(C)(Oc1cccc(CNCC(=O)c2cnc(-c3ccc(C(F)(F)F)cc3)nc2C2CC2)c1)C(=O)O. The first-order chi connectivity index (χ1) is 17.4. The predicted octanol–water partition coefficient (Wildman–Crippen LogP) is 5.25. The number of ether oxygens (including phenoxy) is 1. The van der Waals surface area contributed by atoms with Gasteiger partial charge in [0.15, 0.2) is 17.2 Å². The Balaban J connectivity index is 1.42. The van der Waals surface area contributed by atoms with E-state index in [4.69, 9.17) is 4.74 Å². The number of hydrogen-bond donors (Lipinski definition) is 2. The first-order valence-corrected chi connectivity index (χ1v) is 11.7. The molecule has 2 N–H and O–H groups in total. The zero-order valence-corrected chi connectivity index (χ0v) is 20.3. The molecule has 0 amide bonds. The number of hydrogen-bond acceptors (Lipinski definition) is 6. The van der Waals surface area contributed by atoms with Gasteiger partial charge in [-0.3, -0.25) is 4.79 Å². The number of ketones is 1. The van der Waals surface area contributed by atoms with E-state index in [1.165, 1.54) is 32.2 Å². The molecule has 2 aromatic carbocycles. The second-order valence-corrected chi connectivity index (χ2v) is 9.43. The van der Waals surface area contributed by atoms with Crippen molar-refractivity contribution in [2.75, 3.05) is 6.54 Å². The number of carbonyl (C=O) groups excluding carboxylic acids is 1.